The third-order valence-corrected chi connectivity index (χ3v) is 5.42. The highest BCUT2D eigenvalue weighted by molar-refractivity contribution is 7.13. The topological polar surface area (TPSA) is 51.7 Å². The molecule has 3 rings (SSSR count). The average molecular weight is 415 g/mol. The molecular formula is C22H23FN2O3S. The monoisotopic (exact) mass is 414 g/mol. The highest BCUT2D eigenvalue weighted by Gasteiger charge is 2.17. The summed E-state index contributed by atoms with van der Waals surface area (Å²) in [6.07, 6.45) is 0. The van der Waals surface area contributed by atoms with E-state index in [4.69, 9.17) is 9.47 Å². The first kappa shape index (κ1) is 20.8. The summed E-state index contributed by atoms with van der Waals surface area (Å²) in [5, 5.41) is 2.49. The number of benzene rings is 2. The summed E-state index contributed by atoms with van der Waals surface area (Å²) in [5.74, 6) is 0.645. The van der Waals surface area contributed by atoms with Gasteiger partial charge in [0.2, 0.25) is 0 Å². The van der Waals surface area contributed by atoms with Gasteiger partial charge in [-0.2, -0.15) is 0 Å². The number of hydrogen-bond donors (Lipinski definition) is 0. The van der Waals surface area contributed by atoms with Crippen molar-refractivity contribution in [1.82, 2.24) is 9.88 Å². The SMILES string of the molecule is CCN(CC)C(=O)c1csc(-c2ccc(OCc3ccccc3F)c(OC)c2)n1. The Bertz CT molecular complexity index is 986. The third kappa shape index (κ3) is 4.74. The Balaban J connectivity index is 1.78. The van der Waals surface area contributed by atoms with Crippen LogP contribution in [0.1, 0.15) is 29.9 Å². The molecule has 1 heterocycles. The van der Waals surface area contributed by atoms with E-state index >= 15 is 0 Å². The quantitative estimate of drug-likeness (QED) is 0.519. The maximum absolute atomic E-state index is 13.8. The molecule has 0 atom stereocenters. The van der Waals surface area contributed by atoms with Gasteiger partial charge >= 0.3 is 0 Å². The van der Waals surface area contributed by atoms with E-state index in [0.717, 1.165) is 10.6 Å². The summed E-state index contributed by atoms with van der Waals surface area (Å²) < 4.78 is 25.0. The fourth-order valence-electron chi connectivity index (χ4n) is 2.87. The van der Waals surface area contributed by atoms with Gasteiger partial charge in [0.1, 0.15) is 23.1 Å². The van der Waals surface area contributed by atoms with Crippen LogP contribution >= 0.6 is 11.3 Å². The number of rotatable bonds is 8. The Morgan fingerprint density at radius 2 is 1.90 bits per heavy atom. The molecule has 2 aromatic carbocycles. The van der Waals surface area contributed by atoms with Crippen LogP contribution in [-0.4, -0.2) is 36.0 Å². The summed E-state index contributed by atoms with van der Waals surface area (Å²) in [6.45, 7) is 5.27. The zero-order chi connectivity index (χ0) is 20.8. The van der Waals surface area contributed by atoms with Crippen molar-refractivity contribution in [3.8, 4) is 22.1 Å². The molecule has 0 bridgehead atoms. The lowest BCUT2D eigenvalue weighted by molar-refractivity contribution is 0.0768. The lowest BCUT2D eigenvalue weighted by Crippen LogP contribution is -2.30. The van der Waals surface area contributed by atoms with Crippen LogP contribution in [0.5, 0.6) is 11.5 Å². The number of hydrogen-bond acceptors (Lipinski definition) is 5. The van der Waals surface area contributed by atoms with Gasteiger partial charge in [0.25, 0.3) is 5.91 Å². The van der Waals surface area contributed by atoms with E-state index in [0.29, 0.717) is 35.8 Å². The lowest BCUT2D eigenvalue weighted by Gasteiger charge is -2.16. The first-order valence-corrected chi connectivity index (χ1v) is 10.2. The first-order valence-electron chi connectivity index (χ1n) is 9.36. The summed E-state index contributed by atoms with van der Waals surface area (Å²) in [4.78, 5) is 18.7. The minimum atomic E-state index is -0.309. The average Bonchev–Trinajstić information content (AvgIpc) is 3.24. The number of carbonyl (C=O) groups is 1. The van der Waals surface area contributed by atoms with Crippen molar-refractivity contribution in [2.24, 2.45) is 0 Å². The van der Waals surface area contributed by atoms with E-state index in [1.54, 1.807) is 47.7 Å². The zero-order valence-corrected chi connectivity index (χ0v) is 17.5. The van der Waals surface area contributed by atoms with E-state index in [1.807, 2.05) is 19.9 Å². The maximum atomic E-state index is 13.8. The standard InChI is InChI=1S/C22H23FN2O3S/c1-4-25(5-2)22(26)18-14-29-21(24-18)15-10-11-19(20(12-15)27-3)28-13-16-8-6-7-9-17(16)23/h6-12,14H,4-5,13H2,1-3H3. The number of ether oxygens (including phenoxy) is 2. The van der Waals surface area contributed by atoms with Crippen molar-refractivity contribution in [2.45, 2.75) is 20.5 Å². The largest absolute Gasteiger partial charge is 0.493 e. The zero-order valence-electron chi connectivity index (χ0n) is 16.6. The Labute approximate surface area is 173 Å². The summed E-state index contributed by atoms with van der Waals surface area (Å²) in [5.41, 5.74) is 1.73. The number of nitrogens with zero attached hydrogens (tertiary/aromatic N) is 2. The summed E-state index contributed by atoms with van der Waals surface area (Å²) in [7, 11) is 1.55. The molecule has 0 spiro atoms. The van der Waals surface area contributed by atoms with Crippen LogP contribution in [0.15, 0.2) is 47.8 Å². The predicted molar refractivity (Wildman–Crippen MR) is 112 cm³/mol. The molecule has 0 N–H and O–H groups in total. The second-order valence-electron chi connectivity index (χ2n) is 6.26. The minimum absolute atomic E-state index is 0.0747. The van der Waals surface area contributed by atoms with Crippen molar-refractivity contribution < 1.29 is 18.7 Å². The van der Waals surface area contributed by atoms with Gasteiger partial charge in [-0.1, -0.05) is 18.2 Å². The molecule has 0 saturated carbocycles. The number of aromatic nitrogens is 1. The van der Waals surface area contributed by atoms with Crippen LogP contribution in [-0.2, 0) is 6.61 Å². The van der Waals surface area contributed by atoms with Crippen molar-refractivity contribution >= 4 is 17.2 Å². The number of amides is 1. The second kappa shape index (κ2) is 9.52. The van der Waals surface area contributed by atoms with Crippen LogP contribution in [0.4, 0.5) is 4.39 Å². The fraction of sp³-hybridized carbons (Fsp3) is 0.273. The summed E-state index contributed by atoms with van der Waals surface area (Å²) in [6, 6.07) is 11.9. The van der Waals surface area contributed by atoms with Gasteiger partial charge in [0.15, 0.2) is 11.5 Å². The van der Waals surface area contributed by atoms with E-state index < -0.39 is 0 Å². The fourth-order valence-corrected chi connectivity index (χ4v) is 3.66. The van der Waals surface area contributed by atoms with E-state index in [-0.39, 0.29) is 18.3 Å². The van der Waals surface area contributed by atoms with Crippen molar-refractivity contribution in [3.63, 3.8) is 0 Å². The molecule has 3 aromatic rings. The van der Waals surface area contributed by atoms with Gasteiger partial charge < -0.3 is 14.4 Å². The van der Waals surface area contributed by atoms with Crippen LogP contribution in [0.3, 0.4) is 0 Å². The Kier molecular flexibility index (Phi) is 6.82. The van der Waals surface area contributed by atoms with Crippen LogP contribution < -0.4 is 9.47 Å². The van der Waals surface area contributed by atoms with Gasteiger partial charge in [-0.15, -0.1) is 11.3 Å². The van der Waals surface area contributed by atoms with Gasteiger partial charge in [-0.3, -0.25) is 4.79 Å². The molecule has 0 fully saturated rings. The van der Waals surface area contributed by atoms with E-state index in [1.165, 1.54) is 17.4 Å². The second-order valence-corrected chi connectivity index (χ2v) is 7.12. The molecule has 29 heavy (non-hydrogen) atoms. The lowest BCUT2D eigenvalue weighted by atomic mass is 10.2. The molecule has 0 aliphatic carbocycles. The maximum Gasteiger partial charge on any atom is 0.273 e. The number of thiazole rings is 1. The normalized spacial score (nSPS) is 10.6. The van der Waals surface area contributed by atoms with Crippen molar-refractivity contribution in [2.75, 3.05) is 20.2 Å². The van der Waals surface area contributed by atoms with Crippen LogP contribution in [0.25, 0.3) is 10.6 Å². The Hall–Kier alpha value is -2.93. The third-order valence-electron chi connectivity index (χ3n) is 4.53. The van der Waals surface area contributed by atoms with Crippen LogP contribution in [0.2, 0.25) is 0 Å². The first-order chi connectivity index (χ1) is 14.1. The molecule has 0 aliphatic rings. The van der Waals surface area contributed by atoms with E-state index in [9.17, 15) is 9.18 Å². The van der Waals surface area contributed by atoms with Gasteiger partial charge in [-0.05, 0) is 38.1 Å². The van der Waals surface area contributed by atoms with Gasteiger partial charge in [-0.25, -0.2) is 9.37 Å². The molecule has 0 unspecified atom stereocenters. The Morgan fingerprint density at radius 1 is 1.14 bits per heavy atom. The predicted octanol–water partition coefficient (Wildman–Crippen LogP) is 5.02. The van der Waals surface area contributed by atoms with Crippen molar-refractivity contribution in [1.29, 1.82) is 0 Å². The molecule has 1 aromatic heterocycles. The molecule has 0 radical (unpaired) electrons. The smallest absolute Gasteiger partial charge is 0.273 e. The molecular weight excluding hydrogens is 391 g/mol. The van der Waals surface area contributed by atoms with Crippen LogP contribution in [0, 0.1) is 5.82 Å². The van der Waals surface area contributed by atoms with E-state index in [2.05, 4.69) is 4.98 Å². The molecule has 5 nitrogen and oxygen atoms in total. The molecule has 152 valence electrons. The molecule has 0 saturated heterocycles. The Morgan fingerprint density at radius 3 is 2.59 bits per heavy atom. The van der Waals surface area contributed by atoms with Gasteiger partial charge in [0, 0.05) is 29.6 Å². The molecule has 7 heteroatoms. The minimum Gasteiger partial charge on any atom is -0.493 e. The van der Waals surface area contributed by atoms with Gasteiger partial charge in [0.05, 0.1) is 7.11 Å². The number of methoxy groups -OCH3 is 1. The van der Waals surface area contributed by atoms with Crippen molar-refractivity contribution in [3.05, 3.63) is 64.9 Å². The molecule has 1 amide bonds. The number of carbonyl (C=O) groups excluding carboxylic acids is 1. The number of halogens is 1. The highest BCUT2D eigenvalue weighted by Crippen LogP contribution is 2.34. The highest BCUT2D eigenvalue weighted by atomic mass is 32.1. The summed E-state index contributed by atoms with van der Waals surface area (Å²) >= 11 is 1.40. The molecule has 0 aliphatic heterocycles.